The van der Waals surface area contributed by atoms with Gasteiger partial charge in [-0.25, -0.2) is 13.2 Å². The minimum absolute atomic E-state index is 0.113. The van der Waals surface area contributed by atoms with Gasteiger partial charge in [-0.05, 0) is 12.1 Å². The van der Waals surface area contributed by atoms with Gasteiger partial charge in [0, 0.05) is 19.3 Å². The highest BCUT2D eigenvalue weighted by atomic mass is 19.2. The van der Waals surface area contributed by atoms with E-state index in [4.69, 9.17) is 15.5 Å². The summed E-state index contributed by atoms with van der Waals surface area (Å²) in [5.41, 5.74) is -0.920. The molecule has 124 valence electrons. The Morgan fingerprint density at radius 2 is 1.83 bits per heavy atom. The van der Waals surface area contributed by atoms with Crippen molar-refractivity contribution in [2.75, 3.05) is 31.6 Å². The predicted molar refractivity (Wildman–Crippen MR) is 74.4 cm³/mol. The lowest BCUT2D eigenvalue weighted by molar-refractivity contribution is -0.127. The second-order valence-electron chi connectivity index (χ2n) is 4.28. The van der Waals surface area contributed by atoms with Crippen molar-refractivity contribution in [3.05, 3.63) is 41.4 Å². The van der Waals surface area contributed by atoms with Gasteiger partial charge >= 0.3 is 0 Å². The van der Waals surface area contributed by atoms with Crippen molar-refractivity contribution in [3.63, 3.8) is 0 Å². The zero-order valence-electron chi connectivity index (χ0n) is 11.9. The molecule has 0 fully saturated rings. The highest BCUT2D eigenvalue weighted by molar-refractivity contribution is 5.97. The van der Waals surface area contributed by atoms with Crippen molar-refractivity contribution >= 4 is 11.6 Å². The lowest BCUT2D eigenvalue weighted by Gasteiger charge is -2.20. The van der Waals surface area contributed by atoms with Crippen LogP contribution in [0.3, 0.4) is 0 Å². The van der Waals surface area contributed by atoms with Crippen LogP contribution in [0.4, 0.5) is 18.9 Å². The predicted octanol–water partition coefficient (Wildman–Crippen LogP) is 0.736. The number of hydrogen-bond acceptors (Lipinski definition) is 5. The average Bonchev–Trinajstić information content (AvgIpc) is 2.54. The Balaban J connectivity index is 2.97. The Bertz CT molecular complexity index is 638. The van der Waals surface area contributed by atoms with E-state index in [0.29, 0.717) is 6.07 Å². The number of aliphatic hydroxyl groups excluding tert-OH is 2. The number of nitrogens with zero attached hydrogens (tertiary/aromatic N) is 2. The molecule has 1 amide bonds. The molecule has 0 unspecified atom stereocenters. The Kier molecular flexibility index (Phi) is 7.05. The fourth-order valence-corrected chi connectivity index (χ4v) is 1.66. The molecule has 1 rings (SSSR count). The Labute approximate surface area is 130 Å². The number of carbonyl (C=O) groups is 1. The maximum Gasteiger partial charge on any atom is 0.266 e. The van der Waals surface area contributed by atoms with E-state index < -0.39 is 34.6 Å². The van der Waals surface area contributed by atoms with Crippen LogP contribution < -0.4 is 5.32 Å². The van der Waals surface area contributed by atoms with E-state index in [1.54, 1.807) is 6.07 Å². The first kappa shape index (κ1) is 18.5. The summed E-state index contributed by atoms with van der Waals surface area (Å²) >= 11 is 0. The van der Waals surface area contributed by atoms with Crippen molar-refractivity contribution in [1.29, 1.82) is 5.26 Å². The van der Waals surface area contributed by atoms with Crippen molar-refractivity contribution in [2.45, 2.75) is 0 Å². The van der Waals surface area contributed by atoms with Crippen LogP contribution in [-0.4, -0.2) is 47.3 Å². The first-order chi connectivity index (χ1) is 11.0. The Hall–Kier alpha value is -2.57. The van der Waals surface area contributed by atoms with E-state index in [0.717, 1.165) is 17.2 Å². The minimum Gasteiger partial charge on any atom is -0.395 e. The summed E-state index contributed by atoms with van der Waals surface area (Å²) in [4.78, 5) is 13.0. The van der Waals surface area contributed by atoms with Crippen LogP contribution in [0.1, 0.15) is 0 Å². The molecule has 0 atom stereocenters. The molecule has 0 bridgehead atoms. The second kappa shape index (κ2) is 8.77. The fraction of sp³-hybridized carbons (Fsp3) is 0.286. The number of rotatable bonds is 7. The van der Waals surface area contributed by atoms with Crippen LogP contribution in [0.25, 0.3) is 0 Å². The van der Waals surface area contributed by atoms with Crippen LogP contribution in [-0.2, 0) is 4.79 Å². The number of nitrogens with one attached hydrogen (secondary N) is 1. The summed E-state index contributed by atoms with van der Waals surface area (Å²) in [5.74, 6) is -5.36. The second-order valence-corrected chi connectivity index (χ2v) is 4.28. The maximum atomic E-state index is 13.5. The standard InChI is InChI=1S/C14H14F3N3O3/c15-10-1-2-11(13(17)12(10)16)19-8-9(7-18)14(23)20(3-5-21)4-6-22/h1-2,8,19,21-22H,3-6H2/b9-8-. The molecular weight excluding hydrogens is 315 g/mol. The summed E-state index contributed by atoms with van der Waals surface area (Å²) in [5, 5.41) is 28.9. The molecule has 3 N–H and O–H groups in total. The molecule has 9 heteroatoms. The minimum atomic E-state index is -1.68. The first-order valence-electron chi connectivity index (χ1n) is 6.47. The molecule has 0 spiro atoms. The third-order valence-corrected chi connectivity index (χ3v) is 2.79. The lowest BCUT2D eigenvalue weighted by Crippen LogP contribution is -2.36. The summed E-state index contributed by atoms with van der Waals surface area (Å²) in [6.07, 6.45) is 0.833. The van der Waals surface area contributed by atoms with Crippen LogP contribution >= 0.6 is 0 Å². The third kappa shape index (κ3) is 4.70. The molecule has 23 heavy (non-hydrogen) atoms. The van der Waals surface area contributed by atoms with Gasteiger partial charge < -0.3 is 20.4 Å². The molecule has 0 heterocycles. The molecule has 0 saturated carbocycles. The monoisotopic (exact) mass is 329 g/mol. The fourth-order valence-electron chi connectivity index (χ4n) is 1.66. The molecule has 0 radical (unpaired) electrons. The highest BCUT2D eigenvalue weighted by Crippen LogP contribution is 2.19. The number of anilines is 1. The lowest BCUT2D eigenvalue weighted by atomic mass is 10.2. The van der Waals surface area contributed by atoms with Crippen molar-refractivity contribution in [2.24, 2.45) is 0 Å². The van der Waals surface area contributed by atoms with E-state index in [2.05, 4.69) is 5.32 Å². The number of aliphatic hydroxyl groups is 2. The molecule has 1 aromatic rings. The molecule has 0 aliphatic heterocycles. The zero-order valence-corrected chi connectivity index (χ0v) is 11.9. The number of halogens is 3. The van der Waals surface area contributed by atoms with Crippen molar-refractivity contribution in [1.82, 2.24) is 4.90 Å². The Morgan fingerprint density at radius 3 is 2.35 bits per heavy atom. The summed E-state index contributed by atoms with van der Waals surface area (Å²) < 4.78 is 39.4. The number of carbonyl (C=O) groups excluding carboxylic acids is 1. The quantitative estimate of drug-likeness (QED) is 0.389. The molecule has 0 saturated heterocycles. The number of hydrogen-bond donors (Lipinski definition) is 3. The number of amides is 1. The normalized spacial score (nSPS) is 11.0. The van der Waals surface area contributed by atoms with Gasteiger partial charge in [0.15, 0.2) is 17.5 Å². The molecule has 6 nitrogen and oxygen atoms in total. The summed E-state index contributed by atoms with van der Waals surface area (Å²) in [6, 6.07) is 3.16. The number of nitriles is 1. The van der Waals surface area contributed by atoms with Crippen molar-refractivity contribution < 1.29 is 28.2 Å². The van der Waals surface area contributed by atoms with Crippen LogP contribution in [0, 0.1) is 28.8 Å². The van der Waals surface area contributed by atoms with Crippen LogP contribution in [0.5, 0.6) is 0 Å². The van der Waals surface area contributed by atoms with Gasteiger partial charge in [0.2, 0.25) is 0 Å². The van der Waals surface area contributed by atoms with Crippen LogP contribution in [0.15, 0.2) is 23.9 Å². The van der Waals surface area contributed by atoms with Crippen LogP contribution in [0.2, 0.25) is 0 Å². The molecule has 0 aliphatic rings. The van der Waals surface area contributed by atoms with Gasteiger partial charge in [0.1, 0.15) is 11.6 Å². The summed E-state index contributed by atoms with van der Waals surface area (Å²) in [7, 11) is 0. The van der Waals surface area contributed by atoms with E-state index >= 15 is 0 Å². The van der Waals surface area contributed by atoms with Gasteiger partial charge in [-0.15, -0.1) is 0 Å². The Morgan fingerprint density at radius 1 is 1.22 bits per heavy atom. The largest absolute Gasteiger partial charge is 0.395 e. The maximum absolute atomic E-state index is 13.5. The van der Waals surface area contributed by atoms with E-state index in [1.165, 1.54) is 0 Å². The topological polar surface area (TPSA) is 96.6 Å². The molecule has 0 aromatic heterocycles. The van der Waals surface area contributed by atoms with E-state index in [1.807, 2.05) is 0 Å². The van der Waals surface area contributed by atoms with Gasteiger partial charge in [-0.3, -0.25) is 4.79 Å². The average molecular weight is 329 g/mol. The molecule has 0 aliphatic carbocycles. The third-order valence-electron chi connectivity index (χ3n) is 2.79. The first-order valence-corrected chi connectivity index (χ1v) is 6.47. The zero-order chi connectivity index (χ0) is 17.4. The van der Waals surface area contributed by atoms with Gasteiger partial charge in [0.05, 0.1) is 18.9 Å². The van der Waals surface area contributed by atoms with E-state index in [-0.39, 0.29) is 26.3 Å². The summed E-state index contributed by atoms with van der Waals surface area (Å²) in [6.45, 7) is -0.985. The van der Waals surface area contributed by atoms with Gasteiger partial charge in [-0.2, -0.15) is 5.26 Å². The van der Waals surface area contributed by atoms with Gasteiger partial charge in [0.25, 0.3) is 5.91 Å². The smallest absolute Gasteiger partial charge is 0.266 e. The molecule has 1 aromatic carbocycles. The van der Waals surface area contributed by atoms with E-state index in [9.17, 15) is 18.0 Å². The highest BCUT2D eigenvalue weighted by Gasteiger charge is 2.18. The number of benzene rings is 1. The van der Waals surface area contributed by atoms with Crippen molar-refractivity contribution in [3.8, 4) is 6.07 Å². The van der Waals surface area contributed by atoms with Gasteiger partial charge in [-0.1, -0.05) is 0 Å². The molecular formula is C14H14F3N3O3. The SMILES string of the molecule is N#C/C(=C/Nc1ccc(F)c(F)c1F)C(=O)N(CCO)CCO.